The lowest BCUT2D eigenvalue weighted by Crippen LogP contribution is -2.55. The SMILES string of the molecule is C[C@]12CC[C@H]3[C@@H](CCC4=CC(=O)CC(O)[C@@]43C)[C@@H]1CC[C@@H]2C(=O)CO. The highest BCUT2D eigenvalue weighted by molar-refractivity contribution is 5.92. The Labute approximate surface area is 149 Å². The molecule has 4 nitrogen and oxygen atoms in total. The maximum Gasteiger partial charge on any atom is 0.161 e. The van der Waals surface area contributed by atoms with Crippen LogP contribution in [0.25, 0.3) is 0 Å². The van der Waals surface area contributed by atoms with E-state index in [1.54, 1.807) is 0 Å². The molecule has 0 bridgehead atoms. The minimum atomic E-state index is -0.576. The van der Waals surface area contributed by atoms with Crippen molar-refractivity contribution in [3.05, 3.63) is 11.6 Å². The molecule has 0 spiro atoms. The molecule has 4 rings (SSSR count). The number of ketones is 2. The lowest BCUT2D eigenvalue weighted by atomic mass is 9.46. The van der Waals surface area contributed by atoms with Crippen LogP contribution in [0.15, 0.2) is 11.6 Å². The first-order valence-corrected chi connectivity index (χ1v) is 9.88. The summed E-state index contributed by atoms with van der Waals surface area (Å²) in [5.41, 5.74) is 0.868. The lowest BCUT2D eigenvalue weighted by molar-refractivity contribution is -0.137. The average Bonchev–Trinajstić information content (AvgIpc) is 2.93. The first-order chi connectivity index (χ1) is 11.8. The monoisotopic (exact) mass is 346 g/mol. The topological polar surface area (TPSA) is 74.6 Å². The molecule has 0 aliphatic heterocycles. The zero-order valence-electron chi connectivity index (χ0n) is 15.3. The Morgan fingerprint density at radius 2 is 1.96 bits per heavy atom. The van der Waals surface area contributed by atoms with Gasteiger partial charge in [-0.25, -0.2) is 0 Å². The number of Topliss-reactive ketones (excluding diaryl/α,β-unsaturated/α-hetero) is 1. The first kappa shape index (κ1) is 17.4. The predicted molar refractivity (Wildman–Crippen MR) is 93.7 cm³/mol. The smallest absolute Gasteiger partial charge is 0.161 e. The molecule has 4 aliphatic rings. The molecule has 0 amide bonds. The molecule has 4 aliphatic carbocycles. The van der Waals surface area contributed by atoms with Gasteiger partial charge in [-0.05, 0) is 67.8 Å². The van der Waals surface area contributed by atoms with Crippen molar-refractivity contribution >= 4 is 11.6 Å². The van der Waals surface area contributed by atoms with Crippen LogP contribution < -0.4 is 0 Å². The number of aliphatic hydroxyl groups excluding tert-OH is 2. The number of hydrogen-bond donors (Lipinski definition) is 2. The molecule has 0 radical (unpaired) electrons. The molecular formula is C21H30O4. The van der Waals surface area contributed by atoms with Gasteiger partial charge in [0.1, 0.15) is 6.61 Å². The van der Waals surface area contributed by atoms with Crippen molar-refractivity contribution in [2.24, 2.45) is 34.5 Å². The van der Waals surface area contributed by atoms with E-state index in [0.717, 1.165) is 44.1 Å². The maximum atomic E-state index is 12.3. The summed E-state index contributed by atoms with van der Waals surface area (Å²) in [6.45, 7) is 4.08. The van der Waals surface area contributed by atoms with E-state index in [-0.39, 0.29) is 41.3 Å². The van der Waals surface area contributed by atoms with Gasteiger partial charge in [0.05, 0.1) is 6.10 Å². The molecule has 0 aromatic rings. The van der Waals surface area contributed by atoms with E-state index in [1.807, 2.05) is 6.08 Å². The van der Waals surface area contributed by atoms with Crippen LogP contribution in [0, 0.1) is 34.5 Å². The molecule has 25 heavy (non-hydrogen) atoms. The number of hydrogen-bond acceptors (Lipinski definition) is 4. The van der Waals surface area contributed by atoms with Gasteiger partial charge in [0.2, 0.25) is 0 Å². The molecule has 138 valence electrons. The van der Waals surface area contributed by atoms with Gasteiger partial charge in [0, 0.05) is 17.8 Å². The van der Waals surface area contributed by atoms with Crippen LogP contribution in [0.5, 0.6) is 0 Å². The molecule has 0 aromatic heterocycles. The number of carbonyl (C=O) groups is 2. The Hall–Kier alpha value is -1.00. The molecule has 0 saturated heterocycles. The van der Waals surface area contributed by atoms with E-state index in [1.165, 1.54) is 0 Å². The van der Waals surface area contributed by atoms with E-state index < -0.39 is 6.10 Å². The van der Waals surface area contributed by atoms with Crippen molar-refractivity contribution in [1.82, 2.24) is 0 Å². The van der Waals surface area contributed by atoms with Crippen molar-refractivity contribution in [3.63, 3.8) is 0 Å². The quantitative estimate of drug-likeness (QED) is 0.806. The summed E-state index contributed by atoms with van der Waals surface area (Å²) in [5.74, 6) is 1.47. The van der Waals surface area contributed by atoms with Crippen molar-refractivity contribution in [1.29, 1.82) is 0 Å². The van der Waals surface area contributed by atoms with Crippen LogP contribution >= 0.6 is 0 Å². The van der Waals surface area contributed by atoms with Gasteiger partial charge in [-0.15, -0.1) is 0 Å². The second-order valence-electron chi connectivity index (χ2n) is 9.35. The number of aliphatic hydroxyl groups is 2. The first-order valence-electron chi connectivity index (χ1n) is 9.88. The fourth-order valence-electron chi connectivity index (χ4n) is 7.25. The Balaban J connectivity index is 1.67. The number of fused-ring (bicyclic) bond motifs is 5. The van der Waals surface area contributed by atoms with Crippen molar-refractivity contribution in [3.8, 4) is 0 Å². The van der Waals surface area contributed by atoms with E-state index in [9.17, 15) is 19.8 Å². The van der Waals surface area contributed by atoms with Crippen LogP contribution in [0.4, 0.5) is 0 Å². The van der Waals surface area contributed by atoms with Gasteiger partial charge in [-0.2, -0.15) is 0 Å². The number of carbonyl (C=O) groups excluding carboxylic acids is 2. The van der Waals surface area contributed by atoms with Gasteiger partial charge in [0.25, 0.3) is 0 Å². The predicted octanol–water partition coefficient (Wildman–Crippen LogP) is 2.67. The summed E-state index contributed by atoms with van der Waals surface area (Å²) in [5, 5.41) is 20.2. The maximum absolute atomic E-state index is 12.3. The highest BCUT2D eigenvalue weighted by atomic mass is 16.3. The van der Waals surface area contributed by atoms with Crippen molar-refractivity contribution in [2.45, 2.75) is 64.9 Å². The third kappa shape index (κ3) is 2.26. The summed E-state index contributed by atoms with van der Waals surface area (Å²) in [6, 6.07) is 0. The highest BCUT2D eigenvalue weighted by Gasteiger charge is 2.61. The van der Waals surface area contributed by atoms with Crippen LogP contribution in [-0.2, 0) is 9.59 Å². The van der Waals surface area contributed by atoms with E-state index in [0.29, 0.717) is 17.8 Å². The van der Waals surface area contributed by atoms with Crippen molar-refractivity contribution in [2.75, 3.05) is 6.61 Å². The molecule has 0 aromatic carbocycles. The Kier molecular flexibility index (Phi) is 4.01. The third-order valence-corrected chi connectivity index (χ3v) is 8.61. The van der Waals surface area contributed by atoms with E-state index in [2.05, 4.69) is 13.8 Å². The standard InChI is InChI=1S/C21H30O4/c1-20-8-7-16-14(15(20)5-6-17(20)18(24)11-22)4-3-12-9-13(23)10-19(25)21(12,16)2/h9,14-17,19,22,25H,3-8,10-11H2,1-2H3/t14-,15-,16-,17+,19?,20-,21-/m0/s1. The van der Waals surface area contributed by atoms with Gasteiger partial charge in [0.15, 0.2) is 11.6 Å². The Morgan fingerprint density at radius 3 is 2.68 bits per heavy atom. The van der Waals surface area contributed by atoms with Gasteiger partial charge in [-0.1, -0.05) is 19.4 Å². The van der Waals surface area contributed by atoms with Crippen LogP contribution in [0.3, 0.4) is 0 Å². The van der Waals surface area contributed by atoms with Crippen LogP contribution in [0.2, 0.25) is 0 Å². The van der Waals surface area contributed by atoms with Gasteiger partial charge >= 0.3 is 0 Å². The summed E-state index contributed by atoms with van der Waals surface area (Å²) in [6.07, 6.45) is 7.37. The van der Waals surface area contributed by atoms with Gasteiger partial charge in [-0.3, -0.25) is 9.59 Å². The van der Waals surface area contributed by atoms with Crippen LogP contribution in [0.1, 0.15) is 58.8 Å². The second kappa shape index (κ2) is 5.75. The minimum absolute atomic E-state index is 0.00596. The van der Waals surface area contributed by atoms with Crippen LogP contribution in [-0.4, -0.2) is 34.5 Å². The molecule has 3 fully saturated rings. The average molecular weight is 346 g/mol. The number of rotatable bonds is 2. The van der Waals surface area contributed by atoms with Crippen molar-refractivity contribution < 1.29 is 19.8 Å². The summed E-state index contributed by atoms with van der Waals surface area (Å²) in [4.78, 5) is 24.2. The fourth-order valence-corrected chi connectivity index (χ4v) is 7.25. The Morgan fingerprint density at radius 1 is 1.20 bits per heavy atom. The second-order valence-corrected chi connectivity index (χ2v) is 9.35. The fraction of sp³-hybridized carbons (Fsp3) is 0.810. The lowest BCUT2D eigenvalue weighted by Gasteiger charge is -2.59. The molecule has 0 heterocycles. The summed E-state index contributed by atoms with van der Waals surface area (Å²) < 4.78 is 0. The Bertz CT molecular complexity index is 638. The zero-order chi connectivity index (χ0) is 18.0. The normalized spacial score (nSPS) is 49.0. The molecule has 1 unspecified atom stereocenters. The molecule has 4 heteroatoms. The minimum Gasteiger partial charge on any atom is -0.392 e. The molecule has 2 N–H and O–H groups in total. The summed E-state index contributed by atoms with van der Waals surface area (Å²) in [7, 11) is 0. The van der Waals surface area contributed by atoms with Gasteiger partial charge < -0.3 is 10.2 Å². The van der Waals surface area contributed by atoms with E-state index in [4.69, 9.17) is 0 Å². The molecule has 3 saturated carbocycles. The molecular weight excluding hydrogens is 316 g/mol. The van der Waals surface area contributed by atoms with E-state index >= 15 is 0 Å². The third-order valence-electron chi connectivity index (χ3n) is 8.61. The zero-order valence-corrected chi connectivity index (χ0v) is 15.3. The molecule has 7 atom stereocenters. The summed E-state index contributed by atoms with van der Waals surface area (Å²) >= 11 is 0. The highest BCUT2D eigenvalue weighted by Crippen LogP contribution is 2.66. The largest absolute Gasteiger partial charge is 0.392 e.